The van der Waals surface area contributed by atoms with Crippen LogP contribution >= 0.6 is 0 Å². The van der Waals surface area contributed by atoms with Crippen LogP contribution in [0.5, 0.6) is 5.75 Å². The molecule has 1 aromatic carbocycles. The summed E-state index contributed by atoms with van der Waals surface area (Å²) in [5.74, 6) is 1.43. The van der Waals surface area contributed by atoms with E-state index >= 15 is 0 Å². The summed E-state index contributed by atoms with van der Waals surface area (Å²) in [6.07, 6.45) is 1.91. The van der Waals surface area contributed by atoms with Crippen molar-refractivity contribution in [3.8, 4) is 16.9 Å². The minimum atomic E-state index is 0.194. The highest BCUT2D eigenvalue weighted by molar-refractivity contribution is 5.73. The standard InChI is InChI=1S/C12H13N3O2/c13-12-11(5-14-15-12)8-1-3-9(4-2-8)17-10-6-16-7-10/h1-5,10H,6-7H2,(H3,13,14,15). The molecule has 0 spiro atoms. The zero-order chi connectivity index (χ0) is 11.7. The van der Waals surface area contributed by atoms with Crippen molar-refractivity contribution >= 4 is 5.82 Å². The molecule has 0 unspecified atom stereocenters. The molecule has 3 rings (SSSR count). The minimum Gasteiger partial charge on any atom is -0.486 e. The molecule has 0 saturated carbocycles. The molecule has 2 heterocycles. The molecule has 0 atom stereocenters. The maximum Gasteiger partial charge on any atom is 0.145 e. The highest BCUT2D eigenvalue weighted by atomic mass is 16.6. The number of ether oxygens (including phenoxy) is 2. The molecule has 1 aliphatic heterocycles. The van der Waals surface area contributed by atoms with Crippen LogP contribution in [0.15, 0.2) is 30.5 Å². The van der Waals surface area contributed by atoms with Gasteiger partial charge in [-0.2, -0.15) is 5.10 Å². The second kappa shape index (κ2) is 4.10. The van der Waals surface area contributed by atoms with E-state index in [0.717, 1.165) is 16.9 Å². The van der Waals surface area contributed by atoms with Gasteiger partial charge in [-0.25, -0.2) is 0 Å². The Balaban J connectivity index is 1.77. The fourth-order valence-corrected chi connectivity index (χ4v) is 1.71. The fourth-order valence-electron chi connectivity index (χ4n) is 1.71. The van der Waals surface area contributed by atoms with Crippen LogP contribution in [0.4, 0.5) is 5.82 Å². The molecule has 3 N–H and O–H groups in total. The molecule has 1 saturated heterocycles. The van der Waals surface area contributed by atoms with Crippen LogP contribution in [0.2, 0.25) is 0 Å². The number of nitrogens with one attached hydrogen (secondary N) is 1. The molecule has 17 heavy (non-hydrogen) atoms. The summed E-state index contributed by atoms with van der Waals surface area (Å²) in [5, 5.41) is 6.61. The molecule has 0 aliphatic carbocycles. The second-order valence-corrected chi connectivity index (χ2v) is 4.00. The molecule has 1 fully saturated rings. The Labute approximate surface area is 98.5 Å². The summed E-state index contributed by atoms with van der Waals surface area (Å²) in [6.45, 7) is 1.35. The highest BCUT2D eigenvalue weighted by Crippen LogP contribution is 2.26. The molecule has 2 aromatic rings. The number of anilines is 1. The van der Waals surface area contributed by atoms with Crippen LogP contribution < -0.4 is 10.5 Å². The maximum atomic E-state index is 5.76. The average molecular weight is 231 g/mol. The first kappa shape index (κ1) is 10.2. The van der Waals surface area contributed by atoms with E-state index in [2.05, 4.69) is 10.2 Å². The number of nitrogens with zero attached hydrogens (tertiary/aromatic N) is 1. The lowest BCUT2D eigenvalue weighted by atomic mass is 10.1. The molecule has 88 valence electrons. The van der Waals surface area contributed by atoms with Gasteiger partial charge in [0.15, 0.2) is 0 Å². The molecule has 1 aromatic heterocycles. The van der Waals surface area contributed by atoms with Crippen LogP contribution in [0.25, 0.3) is 11.1 Å². The van der Waals surface area contributed by atoms with Crippen LogP contribution in [-0.4, -0.2) is 29.5 Å². The summed E-state index contributed by atoms with van der Waals surface area (Å²) in [6, 6.07) is 7.80. The normalized spacial score (nSPS) is 15.5. The number of hydrogen-bond donors (Lipinski definition) is 2. The topological polar surface area (TPSA) is 73.2 Å². The van der Waals surface area contributed by atoms with Gasteiger partial charge in [-0.3, -0.25) is 5.10 Å². The maximum absolute atomic E-state index is 5.76. The van der Waals surface area contributed by atoms with Crippen LogP contribution in [0, 0.1) is 0 Å². The minimum absolute atomic E-state index is 0.194. The lowest BCUT2D eigenvalue weighted by Gasteiger charge is -2.26. The molecule has 0 radical (unpaired) electrons. The zero-order valence-electron chi connectivity index (χ0n) is 9.22. The Morgan fingerprint density at radius 1 is 1.29 bits per heavy atom. The summed E-state index contributed by atoms with van der Waals surface area (Å²) in [5.41, 5.74) is 7.68. The van der Waals surface area contributed by atoms with Gasteiger partial charge in [0.1, 0.15) is 17.7 Å². The van der Waals surface area contributed by atoms with Crippen molar-refractivity contribution < 1.29 is 9.47 Å². The Morgan fingerprint density at radius 3 is 2.59 bits per heavy atom. The summed E-state index contributed by atoms with van der Waals surface area (Å²) < 4.78 is 10.7. The Hall–Kier alpha value is -2.01. The Bertz CT molecular complexity index is 503. The van der Waals surface area contributed by atoms with Gasteiger partial charge in [0.05, 0.1) is 19.4 Å². The second-order valence-electron chi connectivity index (χ2n) is 4.00. The van der Waals surface area contributed by atoms with Gasteiger partial charge in [0.25, 0.3) is 0 Å². The third-order valence-corrected chi connectivity index (χ3v) is 2.74. The number of H-pyrrole nitrogens is 1. The Morgan fingerprint density at radius 2 is 2.06 bits per heavy atom. The van der Waals surface area contributed by atoms with E-state index in [1.807, 2.05) is 24.3 Å². The van der Waals surface area contributed by atoms with E-state index < -0.39 is 0 Å². The monoisotopic (exact) mass is 231 g/mol. The van der Waals surface area contributed by atoms with E-state index in [9.17, 15) is 0 Å². The number of aromatic nitrogens is 2. The van der Waals surface area contributed by atoms with Crippen LogP contribution in [0.1, 0.15) is 0 Å². The first-order valence-corrected chi connectivity index (χ1v) is 5.46. The smallest absolute Gasteiger partial charge is 0.145 e. The zero-order valence-corrected chi connectivity index (χ0v) is 9.22. The van der Waals surface area contributed by atoms with Gasteiger partial charge in [0, 0.05) is 5.56 Å². The third kappa shape index (κ3) is 1.97. The van der Waals surface area contributed by atoms with Gasteiger partial charge in [-0.15, -0.1) is 0 Å². The summed E-state index contributed by atoms with van der Waals surface area (Å²) in [4.78, 5) is 0. The number of nitrogen functional groups attached to an aromatic ring is 1. The molecular formula is C12H13N3O2. The van der Waals surface area contributed by atoms with E-state index in [0.29, 0.717) is 19.0 Å². The van der Waals surface area contributed by atoms with Crippen molar-refractivity contribution in [3.63, 3.8) is 0 Å². The molecule has 1 aliphatic rings. The predicted molar refractivity (Wildman–Crippen MR) is 63.7 cm³/mol. The molecule has 0 amide bonds. The predicted octanol–water partition coefficient (Wildman–Crippen LogP) is 1.44. The van der Waals surface area contributed by atoms with Gasteiger partial charge >= 0.3 is 0 Å². The quantitative estimate of drug-likeness (QED) is 0.838. The Kier molecular flexibility index (Phi) is 2.45. The lowest BCUT2D eigenvalue weighted by Crippen LogP contribution is -2.38. The van der Waals surface area contributed by atoms with Crippen molar-refractivity contribution in [2.24, 2.45) is 0 Å². The number of nitrogens with two attached hydrogens (primary N) is 1. The van der Waals surface area contributed by atoms with Crippen molar-refractivity contribution in [2.45, 2.75) is 6.10 Å². The van der Waals surface area contributed by atoms with Gasteiger partial charge in [-0.1, -0.05) is 12.1 Å². The van der Waals surface area contributed by atoms with Crippen LogP contribution in [-0.2, 0) is 4.74 Å². The van der Waals surface area contributed by atoms with E-state index in [1.54, 1.807) is 6.20 Å². The number of benzene rings is 1. The lowest BCUT2D eigenvalue weighted by molar-refractivity contribution is -0.0796. The van der Waals surface area contributed by atoms with Crippen LogP contribution in [0.3, 0.4) is 0 Å². The summed E-state index contributed by atoms with van der Waals surface area (Å²) >= 11 is 0. The molecule has 5 nitrogen and oxygen atoms in total. The third-order valence-electron chi connectivity index (χ3n) is 2.74. The van der Waals surface area contributed by atoms with E-state index in [-0.39, 0.29) is 6.10 Å². The fraction of sp³-hybridized carbons (Fsp3) is 0.250. The molecule has 5 heteroatoms. The number of aromatic amines is 1. The number of rotatable bonds is 3. The first-order chi connectivity index (χ1) is 8.33. The van der Waals surface area contributed by atoms with Crippen molar-refractivity contribution in [3.05, 3.63) is 30.5 Å². The van der Waals surface area contributed by atoms with Crippen molar-refractivity contribution in [1.29, 1.82) is 0 Å². The average Bonchev–Trinajstić information content (AvgIpc) is 2.71. The van der Waals surface area contributed by atoms with Gasteiger partial charge in [-0.05, 0) is 17.7 Å². The number of hydrogen-bond acceptors (Lipinski definition) is 4. The first-order valence-electron chi connectivity index (χ1n) is 5.46. The van der Waals surface area contributed by atoms with Crippen molar-refractivity contribution in [2.75, 3.05) is 18.9 Å². The SMILES string of the molecule is Nc1[nH]ncc1-c1ccc(OC2COC2)cc1. The van der Waals surface area contributed by atoms with Gasteiger partial charge < -0.3 is 15.2 Å². The highest BCUT2D eigenvalue weighted by Gasteiger charge is 2.19. The van der Waals surface area contributed by atoms with Crippen molar-refractivity contribution in [1.82, 2.24) is 10.2 Å². The van der Waals surface area contributed by atoms with E-state index in [4.69, 9.17) is 15.2 Å². The molecular weight excluding hydrogens is 218 g/mol. The summed E-state index contributed by atoms with van der Waals surface area (Å²) in [7, 11) is 0. The van der Waals surface area contributed by atoms with Gasteiger partial charge in [0.2, 0.25) is 0 Å². The van der Waals surface area contributed by atoms with E-state index in [1.165, 1.54) is 0 Å². The molecule has 0 bridgehead atoms. The largest absolute Gasteiger partial charge is 0.486 e.